The van der Waals surface area contributed by atoms with Gasteiger partial charge in [0, 0.05) is 26.7 Å². The van der Waals surface area contributed by atoms with Crippen LogP contribution in [-0.4, -0.2) is 4.92 Å². The summed E-state index contributed by atoms with van der Waals surface area (Å²) in [6.45, 7) is 0. The molecule has 0 radical (unpaired) electrons. The Morgan fingerprint density at radius 2 is 1.38 bits per heavy atom. The predicted molar refractivity (Wildman–Crippen MR) is 106 cm³/mol. The number of nitrogens with zero attached hydrogens (tertiary/aromatic N) is 1. The standard InChI is InChI=1S/C20H12INO2/c21-20-18-12-14(22(23)24)10-11-16(18)15-8-4-5-9-17(15)19(20)13-6-2-1-3-7-13/h1-12H. The van der Waals surface area contributed by atoms with Crippen molar-refractivity contribution in [1.82, 2.24) is 0 Å². The number of nitro benzene ring substituents is 1. The third-order valence-electron chi connectivity index (χ3n) is 4.22. The molecule has 0 heterocycles. The first-order valence-electron chi connectivity index (χ1n) is 7.50. The van der Waals surface area contributed by atoms with Crippen molar-refractivity contribution in [1.29, 1.82) is 0 Å². The highest BCUT2D eigenvalue weighted by Gasteiger charge is 2.16. The zero-order chi connectivity index (χ0) is 16.7. The van der Waals surface area contributed by atoms with Crippen LogP contribution >= 0.6 is 22.6 Å². The number of non-ortho nitro benzene ring substituents is 1. The minimum atomic E-state index is -0.340. The Bertz CT molecular complexity index is 1090. The SMILES string of the molecule is O=[N+]([O-])c1ccc2c(c1)c(I)c(-c1ccccc1)c1ccccc12. The molecule has 4 aromatic rings. The van der Waals surface area contributed by atoms with Gasteiger partial charge in [-0.05, 0) is 50.4 Å². The van der Waals surface area contributed by atoms with Gasteiger partial charge in [-0.2, -0.15) is 0 Å². The van der Waals surface area contributed by atoms with Gasteiger partial charge >= 0.3 is 0 Å². The van der Waals surface area contributed by atoms with Crippen LogP contribution in [0.2, 0.25) is 0 Å². The normalized spacial score (nSPS) is 11.0. The predicted octanol–water partition coefficient (Wildman–Crippen LogP) is 6.17. The zero-order valence-corrected chi connectivity index (χ0v) is 14.7. The molecule has 0 spiro atoms. The third-order valence-corrected chi connectivity index (χ3v) is 5.34. The van der Waals surface area contributed by atoms with E-state index in [0.29, 0.717) is 0 Å². The first-order chi connectivity index (χ1) is 11.7. The van der Waals surface area contributed by atoms with E-state index in [0.717, 1.165) is 36.2 Å². The molecule has 0 fully saturated rings. The maximum absolute atomic E-state index is 11.2. The fraction of sp³-hybridized carbons (Fsp3) is 0. The molecule has 0 aliphatic rings. The van der Waals surface area contributed by atoms with Crippen molar-refractivity contribution >= 4 is 49.8 Å². The summed E-state index contributed by atoms with van der Waals surface area (Å²) in [4.78, 5) is 10.8. The second-order valence-corrected chi connectivity index (χ2v) is 6.67. The maximum Gasteiger partial charge on any atom is 0.270 e. The van der Waals surface area contributed by atoms with E-state index in [1.165, 1.54) is 0 Å². The third kappa shape index (κ3) is 2.34. The monoisotopic (exact) mass is 425 g/mol. The number of halogens is 1. The molecule has 0 N–H and O–H groups in total. The Morgan fingerprint density at radius 1 is 0.750 bits per heavy atom. The summed E-state index contributed by atoms with van der Waals surface area (Å²) in [5.41, 5.74) is 2.36. The summed E-state index contributed by atoms with van der Waals surface area (Å²) in [6.07, 6.45) is 0. The topological polar surface area (TPSA) is 43.1 Å². The molecule has 3 nitrogen and oxygen atoms in total. The van der Waals surface area contributed by atoms with Gasteiger partial charge in [-0.3, -0.25) is 10.1 Å². The van der Waals surface area contributed by atoms with Crippen LogP contribution < -0.4 is 0 Å². The fourth-order valence-corrected chi connectivity index (χ4v) is 4.19. The number of rotatable bonds is 2. The molecule has 4 aromatic carbocycles. The highest BCUT2D eigenvalue weighted by molar-refractivity contribution is 14.1. The van der Waals surface area contributed by atoms with Gasteiger partial charge in [-0.1, -0.05) is 54.6 Å². The number of fused-ring (bicyclic) bond motifs is 3. The molecule has 0 unspecified atom stereocenters. The molecule has 0 saturated heterocycles. The average molecular weight is 425 g/mol. The Kier molecular flexibility index (Phi) is 3.69. The van der Waals surface area contributed by atoms with E-state index in [4.69, 9.17) is 0 Å². The molecule has 0 saturated carbocycles. The van der Waals surface area contributed by atoms with E-state index in [1.54, 1.807) is 12.1 Å². The average Bonchev–Trinajstić information content (AvgIpc) is 2.62. The van der Waals surface area contributed by atoms with E-state index in [-0.39, 0.29) is 10.6 Å². The summed E-state index contributed by atoms with van der Waals surface area (Å²) in [7, 11) is 0. The lowest BCUT2D eigenvalue weighted by atomic mass is 9.93. The molecular formula is C20H12INO2. The summed E-state index contributed by atoms with van der Waals surface area (Å²) >= 11 is 2.31. The van der Waals surface area contributed by atoms with Gasteiger partial charge in [0.25, 0.3) is 5.69 Å². The molecule has 4 rings (SSSR count). The van der Waals surface area contributed by atoms with E-state index in [2.05, 4.69) is 46.9 Å². The van der Waals surface area contributed by atoms with Gasteiger partial charge < -0.3 is 0 Å². The molecule has 116 valence electrons. The molecule has 0 bridgehead atoms. The van der Waals surface area contributed by atoms with Crippen LogP contribution in [0.5, 0.6) is 0 Å². The summed E-state index contributed by atoms with van der Waals surface area (Å²) < 4.78 is 1.04. The molecule has 0 aliphatic heterocycles. The maximum atomic E-state index is 11.2. The second kappa shape index (κ2) is 5.87. The Morgan fingerprint density at radius 3 is 2.08 bits per heavy atom. The van der Waals surface area contributed by atoms with E-state index in [1.807, 2.05) is 36.4 Å². The largest absolute Gasteiger partial charge is 0.270 e. The number of hydrogen-bond donors (Lipinski definition) is 0. The number of hydrogen-bond acceptors (Lipinski definition) is 2. The summed E-state index contributed by atoms with van der Waals surface area (Å²) in [6, 6.07) is 23.5. The number of benzene rings is 4. The van der Waals surface area contributed by atoms with Crippen molar-refractivity contribution in [2.24, 2.45) is 0 Å². The van der Waals surface area contributed by atoms with Gasteiger partial charge in [0.05, 0.1) is 4.92 Å². The lowest BCUT2D eigenvalue weighted by molar-refractivity contribution is -0.384. The van der Waals surface area contributed by atoms with Gasteiger partial charge in [0.15, 0.2) is 0 Å². The molecule has 0 aromatic heterocycles. The quantitative estimate of drug-likeness (QED) is 0.167. The van der Waals surface area contributed by atoms with E-state index >= 15 is 0 Å². The highest BCUT2D eigenvalue weighted by atomic mass is 127. The van der Waals surface area contributed by atoms with Gasteiger partial charge in [-0.25, -0.2) is 0 Å². The van der Waals surface area contributed by atoms with Crippen molar-refractivity contribution in [3.63, 3.8) is 0 Å². The zero-order valence-electron chi connectivity index (χ0n) is 12.6. The lowest BCUT2D eigenvalue weighted by Crippen LogP contribution is -1.92. The van der Waals surface area contributed by atoms with E-state index in [9.17, 15) is 10.1 Å². The molecule has 4 heteroatoms. The Labute approximate surface area is 152 Å². The van der Waals surface area contributed by atoms with Crippen molar-refractivity contribution in [2.45, 2.75) is 0 Å². The minimum Gasteiger partial charge on any atom is -0.258 e. The van der Waals surface area contributed by atoms with Crippen molar-refractivity contribution in [2.75, 3.05) is 0 Å². The molecule has 0 aliphatic carbocycles. The summed E-state index contributed by atoms with van der Waals surface area (Å²) in [5, 5.41) is 15.4. The minimum absolute atomic E-state index is 0.120. The van der Waals surface area contributed by atoms with Crippen molar-refractivity contribution in [3.8, 4) is 11.1 Å². The van der Waals surface area contributed by atoms with Crippen LogP contribution in [0.1, 0.15) is 0 Å². The van der Waals surface area contributed by atoms with Crippen LogP contribution in [0.3, 0.4) is 0 Å². The molecule has 0 atom stereocenters. The smallest absolute Gasteiger partial charge is 0.258 e. The van der Waals surface area contributed by atoms with Gasteiger partial charge in [0.1, 0.15) is 0 Å². The molecular weight excluding hydrogens is 413 g/mol. The second-order valence-electron chi connectivity index (χ2n) is 5.59. The van der Waals surface area contributed by atoms with Gasteiger partial charge in [-0.15, -0.1) is 0 Å². The first-order valence-corrected chi connectivity index (χ1v) is 8.58. The van der Waals surface area contributed by atoms with Crippen LogP contribution in [-0.2, 0) is 0 Å². The highest BCUT2D eigenvalue weighted by Crippen LogP contribution is 2.40. The Hall–Kier alpha value is -2.47. The fourth-order valence-electron chi connectivity index (χ4n) is 3.14. The summed E-state index contributed by atoms with van der Waals surface area (Å²) in [5.74, 6) is 0. The van der Waals surface area contributed by atoms with Gasteiger partial charge in [0.2, 0.25) is 0 Å². The lowest BCUT2D eigenvalue weighted by Gasteiger charge is -2.14. The van der Waals surface area contributed by atoms with Crippen LogP contribution in [0, 0.1) is 13.7 Å². The van der Waals surface area contributed by atoms with Crippen molar-refractivity contribution < 1.29 is 4.92 Å². The molecule has 24 heavy (non-hydrogen) atoms. The Balaban J connectivity index is 2.20. The van der Waals surface area contributed by atoms with Crippen LogP contribution in [0.15, 0.2) is 72.8 Å². The number of nitro groups is 1. The van der Waals surface area contributed by atoms with Crippen LogP contribution in [0.25, 0.3) is 32.7 Å². The first kappa shape index (κ1) is 15.1. The van der Waals surface area contributed by atoms with Crippen LogP contribution in [0.4, 0.5) is 5.69 Å². The van der Waals surface area contributed by atoms with Crippen molar-refractivity contribution in [3.05, 3.63) is 86.5 Å². The molecule has 0 amide bonds. The van der Waals surface area contributed by atoms with E-state index < -0.39 is 0 Å².